The fraction of sp³-hybridized carbons (Fsp3) is 0.850. The lowest BCUT2D eigenvalue weighted by molar-refractivity contribution is -0.896. The molecule has 0 amide bonds. The first-order valence-corrected chi connectivity index (χ1v) is 10.1. The summed E-state index contributed by atoms with van der Waals surface area (Å²) in [5.74, 6) is 0.387. The van der Waals surface area contributed by atoms with Crippen LogP contribution in [0.1, 0.15) is 58.8 Å². The minimum absolute atomic E-state index is 0. The summed E-state index contributed by atoms with van der Waals surface area (Å²) in [4.78, 5) is 13.4. The Balaban J connectivity index is 0.00000338. The van der Waals surface area contributed by atoms with Gasteiger partial charge in [-0.1, -0.05) is 6.08 Å². The summed E-state index contributed by atoms with van der Waals surface area (Å²) >= 11 is 0. The predicted octanol–water partition coefficient (Wildman–Crippen LogP) is -0.883. The first-order chi connectivity index (χ1) is 12.2. The summed E-state index contributed by atoms with van der Waals surface area (Å²) in [5.41, 5.74) is 0. The van der Waals surface area contributed by atoms with E-state index in [9.17, 15) is 4.79 Å². The molecule has 0 radical (unpaired) electrons. The van der Waals surface area contributed by atoms with Crippen molar-refractivity contribution in [3.05, 3.63) is 12.2 Å². The largest absolute Gasteiger partial charge is 1.00 e. The summed E-state index contributed by atoms with van der Waals surface area (Å²) in [6.45, 7) is 9.05. The number of hydrogen-bond acceptors (Lipinski definition) is 4. The van der Waals surface area contributed by atoms with Gasteiger partial charge in [0.25, 0.3) is 0 Å². The van der Waals surface area contributed by atoms with Crippen LogP contribution in [0.4, 0.5) is 0 Å². The van der Waals surface area contributed by atoms with E-state index < -0.39 is 0 Å². The molecule has 2 fully saturated rings. The third-order valence-corrected chi connectivity index (χ3v) is 5.55. The molecule has 1 N–H and O–H groups in total. The highest BCUT2D eigenvalue weighted by molar-refractivity contribution is 5.81. The minimum Gasteiger partial charge on any atom is -1.00 e. The SMILES string of the molecule is CC[NH+](CC)CCCCCOC(=O)/C=C/CC1CCC2OCOC2C1.[Cl-]. The molecule has 0 aromatic carbocycles. The molecule has 1 heterocycles. The van der Waals surface area contributed by atoms with E-state index in [1.54, 1.807) is 11.0 Å². The molecule has 1 saturated heterocycles. The van der Waals surface area contributed by atoms with Crippen LogP contribution in [0.3, 0.4) is 0 Å². The van der Waals surface area contributed by atoms with Gasteiger partial charge in [0.15, 0.2) is 0 Å². The lowest BCUT2D eigenvalue weighted by Crippen LogP contribution is -3.11. The Kier molecular flexibility index (Phi) is 12.2. The van der Waals surface area contributed by atoms with E-state index in [1.165, 1.54) is 26.1 Å². The maximum absolute atomic E-state index is 11.7. The van der Waals surface area contributed by atoms with Crippen molar-refractivity contribution in [2.24, 2.45) is 5.92 Å². The summed E-state index contributed by atoms with van der Waals surface area (Å²) in [6, 6.07) is 0. The molecule has 0 aromatic heterocycles. The number of hydrogen-bond donors (Lipinski definition) is 1. The molecular weight excluding hydrogens is 354 g/mol. The highest BCUT2D eigenvalue weighted by Crippen LogP contribution is 2.33. The van der Waals surface area contributed by atoms with Crippen molar-refractivity contribution in [2.75, 3.05) is 33.0 Å². The van der Waals surface area contributed by atoms with Crippen LogP contribution in [0.5, 0.6) is 0 Å². The molecule has 1 saturated carbocycles. The van der Waals surface area contributed by atoms with Gasteiger partial charge in [-0.2, -0.15) is 0 Å². The predicted molar refractivity (Wildman–Crippen MR) is 97.4 cm³/mol. The number of ether oxygens (including phenoxy) is 3. The van der Waals surface area contributed by atoms with E-state index in [0.29, 0.717) is 25.4 Å². The summed E-state index contributed by atoms with van der Waals surface area (Å²) in [7, 11) is 0. The van der Waals surface area contributed by atoms with Gasteiger partial charge in [-0.25, -0.2) is 4.79 Å². The third-order valence-electron chi connectivity index (χ3n) is 5.55. The number of halogens is 1. The normalized spacial score (nSPS) is 25.3. The van der Waals surface area contributed by atoms with Crippen molar-refractivity contribution >= 4 is 5.97 Å². The lowest BCUT2D eigenvalue weighted by Gasteiger charge is -2.28. The molecule has 26 heavy (non-hydrogen) atoms. The number of carbonyl (C=O) groups is 1. The zero-order chi connectivity index (χ0) is 17.9. The van der Waals surface area contributed by atoms with Gasteiger partial charge >= 0.3 is 5.97 Å². The zero-order valence-corrected chi connectivity index (χ0v) is 17.1. The van der Waals surface area contributed by atoms with E-state index in [1.807, 2.05) is 6.08 Å². The van der Waals surface area contributed by atoms with E-state index in [2.05, 4.69) is 13.8 Å². The van der Waals surface area contributed by atoms with Crippen molar-refractivity contribution in [3.63, 3.8) is 0 Å². The highest BCUT2D eigenvalue weighted by Gasteiger charge is 2.35. The molecule has 0 spiro atoms. The quantitative estimate of drug-likeness (QED) is 0.283. The minimum atomic E-state index is -0.205. The smallest absolute Gasteiger partial charge is 0.330 e. The maximum atomic E-state index is 11.7. The third kappa shape index (κ3) is 8.38. The van der Waals surface area contributed by atoms with Gasteiger partial charge < -0.3 is 31.5 Å². The lowest BCUT2D eigenvalue weighted by atomic mass is 9.83. The standard InChI is InChI=1S/C20H35NO4.ClH/c1-3-21(4-2)13-6-5-7-14-23-20(22)10-8-9-17-11-12-18-19(15-17)25-16-24-18;/h8,10,17-19H,3-7,9,11-16H2,1-2H3;1H/b10-8+;. The fourth-order valence-electron chi connectivity index (χ4n) is 3.81. The van der Waals surface area contributed by atoms with E-state index in [-0.39, 0.29) is 24.5 Å². The Hall–Kier alpha value is -0.620. The van der Waals surface area contributed by atoms with Crippen molar-refractivity contribution in [1.82, 2.24) is 0 Å². The maximum Gasteiger partial charge on any atom is 0.330 e. The Morgan fingerprint density at radius 3 is 2.65 bits per heavy atom. The Morgan fingerprint density at radius 1 is 1.12 bits per heavy atom. The Labute approximate surface area is 164 Å². The average molecular weight is 390 g/mol. The van der Waals surface area contributed by atoms with Crippen molar-refractivity contribution in [2.45, 2.75) is 71.0 Å². The Bertz CT molecular complexity index is 415. The van der Waals surface area contributed by atoms with Crippen molar-refractivity contribution < 1.29 is 36.3 Å². The molecule has 2 rings (SSSR count). The highest BCUT2D eigenvalue weighted by atomic mass is 35.5. The van der Waals surface area contributed by atoms with Crippen LogP contribution in [0.25, 0.3) is 0 Å². The molecule has 3 unspecified atom stereocenters. The number of unbranched alkanes of at least 4 members (excludes halogenated alkanes) is 2. The molecule has 2 aliphatic rings. The molecule has 3 atom stereocenters. The second kappa shape index (κ2) is 13.5. The van der Waals surface area contributed by atoms with E-state index >= 15 is 0 Å². The van der Waals surface area contributed by atoms with Gasteiger partial charge in [-0.05, 0) is 64.7 Å². The number of allylic oxidation sites excluding steroid dienone is 1. The molecular formula is C20H36ClNO4. The second-order valence-electron chi connectivity index (χ2n) is 7.28. The van der Waals surface area contributed by atoms with E-state index in [0.717, 1.165) is 38.5 Å². The number of fused-ring (bicyclic) bond motifs is 1. The van der Waals surface area contributed by atoms with Crippen LogP contribution in [0.15, 0.2) is 12.2 Å². The molecule has 0 bridgehead atoms. The van der Waals surface area contributed by atoms with Crippen LogP contribution < -0.4 is 17.3 Å². The van der Waals surface area contributed by atoms with Gasteiger partial charge in [0, 0.05) is 6.08 Å². The summed E-state index contributed by atoms with van der Waals surface area (Å²) in [6.07, 6.45) is 11.6. The monoisotopic (exact) mass is 389 g/mol. The van der Waals surface area contributed by atoms with Crippen LogP contribution in [-0.2, 0) is 19.0 Å². The van der Waals surface area contributed by atoms with Crippen LogP contribution in [-0.4, -0.2) is 51.2 Å². The number of quaternary nitrogens is 1. The average Bonchev–Trinajstić information content (AvgIpc) is 3.09. The first-order valence-electron chi connectivity index (χ1n) is 10.1. The number of rotatable bonds is 11. The summed E-state index contributed by atoms with van der Waals surface area (Å²) < 4.78 is 16.4. The molecule has 5 nitrogen and oxygen atoms in total. The summed E-state index contributed by atoms with van der Waals surface area (Å²) in [5, 5.41) is 0. The fourth-order valence-corrected chi connectivity index (χ4v) is 3.81. The van der Waals surface area contributed by atoms with Crippen LogP contribution in [0.2, 0.25) is 0 Å². The van der Waals surface area contributed by atoms with Gasteiger partial charge in [0.05, 0.1) is 38.4 Å². The van der Waals surface area contributed by atoms with Gasteiger partial charge in [0.2, 0.25) is 0 Å². The van der Waals surface area contributed by atoms with Gasteiger partial charge in [0.1, 0.15) is 6.79 Å². The topological polar surface area (TPSA) is 49.2 Å². The zero-order valence-electron chi connectivity index (χ0n) is 16.4. The molecule has 1 aliphatic carbocycles. The van der Waals surface area contributed by atoms with Gasteiger partial charge in [-0.15, -0.1) is 0 Å². The van der Waals surface area contributed by atoms with Crippen LogP contribution in [0, 0.1) is 5.92 Å². The number of nitrogens with one attached hydrogen (secondary N) is 1. The van der Waals surface area contributed by atoms with Gasteiger partial charge in [-0.3, -0.25) is 0 Å². The Morgan fingerprint density at radius 2 is 1.88 bits per heavy atom. The number of carbonyl (C=O) groups excluding carboxylic acids is 1. The molecule has 0 aromatic rings. The van der Waals surface area contributed by atoms with E-state index in [4.69, 9.17) is 14.2 Å². The van der Waals surface area contributed by atoms with Crippen molar-refractivity contribution in [1.29, 1.82) is 0 Å². The first kappa shape index (κ1) is 23.4. The number of esters is 1. The van der Waals surface area contributed by atoms with Crippen molar-refractivity contribution in [3.8, 4) is 0 Å². The van der Waals surface area contributed by atoms with Crippen LogP contribution >= 0.6 is 0 Å². The molecule has 6 heteroatoms. The molecule has 152 valence electrons. The second-order valence-corrected chi connectivity index (χ2v) is 7.28. The molecule has 1 aliphatic heterocycles.